The van der Waals surface area contributed by atoms with Crippen molar-refractivity contribution in [2.75, 3.05) is 13.1 Å². The van der Waals surface area contributed by atoms with Crippen LogP contribution in [0.25, 0.3) is 0 Å². The molecule has 0 aromatic carbocycles. The van der Waals surface area contributed by atoms with E-state index in [1.807, 2.05) is 20.8 Å². The van der Waals surface area contributed by atoms with Crippen LogP contribution in [0.3, 0.4) is 0 Å². The maximum absolute atomic E-state index is 12.0. The molecule has 2 rings (SSSR count). The van der Waals surface area contributed by atoms with Gasteiger partial charge in [0.2, 0.25) is 0 Å². The van der Waals surface area contributed by atoms with Crippen LogP contribution in [0.4, 0.5) is 4.79 Å². The Morgan fingerprint density at radius 1 is 1.55 bits per heavy atom. The third kappa shape index (κ3) is 4.21. The van der Waals surface area contributed by atoms with Crippen molar-refractivity contribution >= 4 is 17.4 Å². The molecule has 1 aliphatic rings. The van der Waals surface area contributed by atoms with Gasteiger partial charge < -0.3 is 15.0 Å². The zero-order valence-corrected chi connectivity index (χ0v) is 13.5. The van der Waals surface area contributed by atoms with E-state index < -0.39 is 5.60 Å². The average Bonchev–Trinajstić information content (AvgIpc) is 2.97. The van der Waals surface area contributed by atoms with Crippen LogP contribution in [0.2, 0.25) is 0 Å². The van der Waals surface area contributed by atoms with E-state index in [0.29, 0.717) is 12.1 Å². The molecule has 2 atom stereocenters. The van der Waals surface area contributed by atoms with Gasteiger partial charge in [0.1, 0.15) is 5.60 Å². The largest absolute Gasteiger partial charge is 0.444 e. The lowest BCUT2D eigenvalue weighted by Gasteiger charge is -2.25. The fourth-order valence-electron chi connectivity index (χ4n) is 2.36. The number of ether oxygens (including phenoxy) is 1. The molecule has 4 nitrogen and oxygen atoms in total. The summed E-state index contributed by atoms with van der Waals surface area (Å²) in [4.78, 5) is 15.1. The van der Waals surface area contributed by atoms with Crippen LogP contribution < -0.4 is 5.32 Å². The van der Waals surface area contributed by atoms with Crippen LogP contribution >= 0.6 is 11.3 Å². The Labute approximate surface area is 125 Å². The molecule has 1 fully saturated rings. The van der Waals surface area contributed by atoms with Crippen LogP contribution in [0, 0.1) is 0 Å². The summed E-state index contributed by atoms with van der Waals surface area (Å²) in [5, 5.41) is 5.68. The van der Waals surface area contributed by atoms with Crippen molar-refractivity contribution in [3.8, 4) is 0 Å². The van der Waals surface area contributed by atoms with Gasteiger partial charge >= 0.3 is 6.09 Å². The van der Waals surface area contributed by atoms with Crippen molar-refractivity contribution in [2.45, 2.75) is 51.8 Å². The summed E-state index contributed by atoms with van der Waals surface area (Å²) in [5.74, 6) is 0. The molecule has 2 heterocycles. The Bertz CT molecular complexity index is 439. The number of nitrogens with one attached hydrogen (secondary N) is 1. The number of nitrogens with zero attached hydrogens (tertiary/aromatic N) is 1. The maximum Gasteiger partial charge on any atom is 0.410 e. The van der Waals surface area contributed by atoms with Gasteiger partial charge in [0.15, 0.2) is 0 Å². The number of amides is 1. The average molecular weight is 296 g/mol. The maximum atomic E-state index is 12.0. The first kappa shape index (κ1) is 15.3. The number of carbonyl (C=O) groups excluding carboxylic acids is 1. The van der Waals surface area contributed by atoms with E-state index in [2.05, 4.69) is 29.8 Å². The van der Waals surface area contributed by atoms with Crippen molar-refractivity contribution in [1.29, 1.82) is 0 Å². The van der Waals surface area contributed by atoms with E-state index in [1.165, 1.54) is 4.88 Å². The predicted octanol–water partition coefficient (Wildman–Crippen LogP) is 3.41. The summed E-state index contributed by atoms with van der Waals surface area (Å²) < 4.78 is 5.41. The second-order valence-electron chi connectivity index (χ2n) is 6.32. The van der Waals surface area contributed by atoms with Gasteiger partial charge in [-0.05, 0) is 45.6 Å². The number of hydrogen-bond donors (Lipinski definition) is 1. The van der Waals surface area contributed by atoms with Crippen LogP contribution in [0.5, 0.6) is 0 Å². The fraction of sp³-hybridized carbons (Fsp3) is 0.667. The lowest BCUT2D eigenvalue weighted by atomic mass is 10.2. The standard InChI is InChI=1S/C15H24N2O2S/c1-11(13-6-5-9-20-13)16-12-7-8-17(10-12)14(18)19-15(2,3)4/h5-6,9,11-12,16H,7-8,10H2,1-4H3/t11-,12+/m1/s1. The Balaban J connectivity index is 1.82. The highest BCUT2D eigenvalue weighted by Gasteiger charge is 2.30. The summed E-state index contributed by atoms with van der Waals surface area (Å²) >= 11 is 1.76. The van der Waals surface area contributed by atoms with Gasteiger partial charge in [-0.3, -0.25) is 0 Å². The molecular weight excluding hydrogens is 272 g/mol. The molecule has 1 aromatic rings. The minimum absolute atomic E-state index is 0.203. The molecule has 112 valence electrons. The fourth-order valence-corrected chi connectivity index (χ4v) is 3.11. The van der Waals surface area contributed by atoms with Crippen LogP contribution in [0.1, 0.15) is 45.0 Å². The van der Waals surface area contributed by atoms with Crippen molar-refractivity contribution in [3.05, 3.63) is 22.4 Å². The van der Waals surface area contributed by atoms with Crippen molar-refractivity contribution < 1.29 is 9.53 Å². The Kier molecular flexibility index (Phi) is 4.70. The Hall–Kier alpha value is -1.07. The molecule has 0 spiro atoms. The Morgan fingerprint density at radius 2 is 2.30 bits per heavy atom. The predicted molar refractivity (Wildman–Crippen MR) is 82.1 cm³/mol. The number of hydrogen-bond acceptors (Lipinski definition) is 4. The summed E-state index contributed by atoms with van der Waals surface area (Å²) in [6.45, 7) is 9.36. The van der Waals surface area contributed by atoms with Gasteiger partial charge in [-0.15, -0.1) is 11.3 Å². The molecule has 1 amide bonds. The van der Waals surface area contributed by atoms with Crippen molar-refractivity contribution in [2.24, 2.45) is 0 Å². The highest BCUT2D eigenvalue weighted by Crippen LogP contribution is 2.21. The molecule has 1 aromatic heterocycles. The molecule has 0 saturated carbocycles. The van der Waals surface area contributed by atoms with Crippen molar-refractivity contribution in [3.63, 3.8) is 0 Å². The summed E-state index contributed by atoms with van der Waals surface area (Å²) in [6, 6.07) is 4.89. The van der Waals surface area contributed by atoms with E-state index >= 15 is 0 Å². The van der Waals surface area contributed by atoms with Crippen LogP contribution in [0.15, 0.2) is 17.5 Å². The topological polar surface area (TPSA) is 41.6 Å². The number of carbonyl (C=O) groups is 1. The minimum atomic E-state index is -0.424. The van der Waals surface area contributed by atoms with Gasteiger partial charge in [-0.1, -0.05) is 6.07 Å². The summed E-state index contributed by atoms with van der Waals surface area (Å²) in [6.07, 6.45) is 0.778. The van der Waals surface area contributed by atoms with Crippen LogP contribution in [-0.4, -0.2) is 35.7 Å². The SMILES string of the molecule is C[C@@H](N[C@H]1CCN(C(=O)OC(C)(C)C)C1)c1cccs1. The van der Waals surface area contributed by atoms with E-state index in [9.17, 15) is 4.79 Å². The monoisotopic (exact) mass is 296 g/mol. The summed E-state index contributed by atoms with van der Waals surface area (Å²) in [7, 11) is 0. The smallest absolute Gasteiger partial charge is 0.410 e. The van der Waals surface area contributed by atoms with Gasteiger partial charge in [0.05, 0.1) is 0 Å². The highest BCUT2D eigenvalue weighted by molar-refractivity contribution is 7.10. The first-order chi connectivity index (χ1) is 9.35. The molecule has 1 saturated heterocycles. The number of thiophene rings is 1. The zero-order valence-electron chi connectivity index (χ0n) is 12.7. The molecule has 0 unspecified atom stereocenters. The quantitative estimate of drug-likeness (QED) is 0.929. The minimum Gasteiger partial charge on any atom is -0.444 e. The van der Waals surface area contributed by atoms with Crippen molar-refractivity contribution in [1.82, 2.24) is 10.2 Å². The first-order valence-corrected chi connectivity index (χ1v) is 8.00. The first-order valence-electron chi connectivity index (χ1n) is 7.12. The normalized spacial score (nSPS) is 21.0. The third-order valence-electron chi connectivity index (χ3n) is 3.30. The molecule has 1 N–H and O–H groups in total. The second-order valence-corrected chi connectivity index (χ2v) is 7.30. The Morgan fingerprint density at radius 3 is 2.90 bits per heavy atom. The lowest BCUT2D eigenvalue weighted by molar-refractivity contribution is 0.0290. The second kappa shape index (κ2) is 6.14. The number of likely N-dealkylation sites (tertiary alicyclic amines) is 1. The van der Waals surface area contributed by atoms with Gasteiger partial charge in [-0.25, -0.2) is 4.79 Å². The van der Waals surface area contributed by atoms with Gasteiger partial charge in [0.25, 0.3) is 0 Å². The molecular formula is C15H24N2O2S. The molecule has 1 aliphatic heterocycles. The lowest BCUT2D eigenvalue weighted by Crippen LogP contribution is -2.38. The molecule has 0 bridgehead atoms. The molecule has 0 aliphatic carbocycles. The molecule has 0 radical (unpaired) electrons. The molecule has 20 heavy (non-hydrogen) atoms. The zero-order chi connectivity index (χ0) is 14.8. The number of rotatable bonds is 3. The van der Waals surface area contributed by atoms with E-state index in [-0.39, 0.29) is 6.09 Å². The van der Waals surface area contributed by atoms with Crippen LogP contribution in [-0.2, 0) is 4.74 Å². The summed E-state index contributed by atoms with van der Waals surface area (Å²) in [5.41, 5.74) is -0.424. The third-order valence-corrected chi connectivity index (χ3v) is 4.35. The highest BCUT2D eigenvalue weighted by atomic mass is 32.1. The van der Waals surface area contributed by atoms with Gasteiger partial charge in [0, 0.05) is 30.1 Å². The van der Waals surface area contributed by atoms with E-state index in [0.717, 1.165) is 19.5 Å². The molecule has 5 heteroatoms. The van der Waals surface area contributed by atoms with E-state index in [1.54, 1.807) is 16.2 Å². The van der Waals surface area contributed by atoms with Gasteiger partial charge in [-0.2, -0.15) is 0 Å². The van der Waals surface area contributed by atoms with E-state index in [4.69, 9.17) is 4.74 Å².